The van der Waals surface area contributed by atoms with E-state index in [9.17, 15) is 4.79 Å². The topological polar surface area (TPSA) is 32.3 Å². The van der Waals surface area contributed by atoms with E-state index in [1.807, 2.05) is 31.3 Å². The molecule has 0 radical (unpaired) electrons. The molecule has 1 aliphatic heterocycles. The number of hydrogen-bond acceptors (Lipinski definition) is 2. The summed E-state index contributed by atoms with van der Waals surface area (Å²) in [5.74, 6) is 0.759. The van der Waals surface area contributed by atoms with Crippen LogP contribution in [0.3, 0.4) is 0 Å². The minimum Gasteiger partial charge on any atom is -0.341 e. The number of amides is 1. The fourth-order valence-corrected chi connectivity index (χ4v) is 2.49. The minimum absolute atomic E-state index is 0.113. The Morgan fingerprint density at radius 2 is 2.06 bits per heavy atom. The highest BCUT2D eigenvalue weighted by Gasteiger charge is 2.31. The molecule has 1 heterocycles. The molecule has 0 aliphatic carbocycles. The molecule has 0 saturated carbocycles. The first-order chi connectivity index (χ1) is 8.58. The molecule has 0 unspecified atom stereocenters. The highest BCUT2D eigenvalue weighted by atomic mass is 35.5. The molecule has 1 aromatic rings. The zero-order valence-corrected chi connectivity index (χ0v) is 11.6. The van der Waals surface area contributed by atoms with E-state index in [4.69, 9.17) is 11.6 Å². The Hall–Kier alpha value is -1.06. The van der Waals surface area contributed by atoms with Gasteiger partial charge in [-0.15, -0.1) is 0 Å². The van der Waals surface area contributed by atoms with Crippen LogP contribution in [0.1, 0.15) is 12.5 Å². The highest BCUT2D eigenvalue weighted by Crippen LogP contribution is 2.19. The predicted molar refractivity (Wildman–Crippen MR) is 73.4 cm³/mol. The number of carbonyl (C=O) groups excluding carboxylic acids is 1. The molecule has 1 N–H and O–H groups in total. The monoisotopic (exact) mass is 266 g/mol. The van der Waals surface area contributed by atoms with E-state index in [-0.39, 0.29) is 11.8 Å². The summed E-state index contributed by atoms with van der Waals surface area (Å²) in [4.78, 5) is 14.1. The number of carbonyl (C=O) groups is 1. The summed E-state index contributed by atoms with van der Waals surface area (Å²) in [6.07, 6.45) is 0. The summed E-state index contributed by atoms with van der Waals surface area (Å²) >= 11 is 5.84. The molecule has 4 heteroatoms. The minimum atomic E-state index is 0.113. The average Bonchev–Trinajstić information content (AvgIpc) is 2.77. The lowest BCUT2D eigenvalue weighted by atomic mass is 9.96. The van der Waals surface area contributed by atoms with Crippen LogP contribution < -0.4 is 5.32 Å². The van der Waals surface area contributed by atoms with Crippen molar-refractivity contribution in [3.8, 4) is 0 Å². The Labute approximate surface area is 113 Å². The van der Waals surface area contributed by atoms with E-state index in [1.165, 1.54) is 0 Å². The summed E-state index contributed by atoms with van der Waals surface area (Å²) in [5, 5.41) is 3.99. The van der Waals surface area contributed by atoms with Gasteiger partial charge in [0.05, 0.1) is 5.92 Å². The van der Waals surface area contributed by atoms with Crippen molar-refractivity contribution >= 4 is 17.5 Å². The summed E-state index contributed by atoms with van der Waals surface area (Å²) in [6, 6.07) is 7.63. The van der Waals surface area contributed by atoms with Gasteiger partial charge in [0.2, 0.25) is 5.91 Å². The molecule has 3 nitrogen and oxygen atoms in total. The molecule has 0 bridgehead atoms. The molecule has 1 aromatic carbocycles. The fraction of sp³-hybridized carbons (Fsp3) is 0.500. The number of hydrogen-bond donors (Lipinski definition) is 1. The first kappa shape index (κ1) is 13.4. The maximum absolute atomic E-state index is 12.3. The molecule has 1 amide bonds. The van der Waals surface area contributed by atoms with Gasteiger partial charge in [-0.1, -0.05) is 30.7 Å². The molecule has 1 aliphatic rings. The summed E-state index contributed by atoms with van der Waals surface area (Å²) in [6.45, 7) is 4.49. The van der Waals surface area contributed by atoms with E-state index in [1.54, 1.807) is 4.90 Å². The third-order valence-corrected chi connectivity index (χ3v) is 3.80. The quantitative estimate of drug-likeness (QED) is 0.909. The lowest BCUT2D eigenvalue weighted by Crippen LogP contribution is -2.35. The molecule has 0 spiro atoms. The van der Waals surface area contributed by atoms with Crippen molar-refractivity contribution in [3.05, 3.63) is 34.9 Å². The van der Waals surface area contributed by atoms with Crippen LogP contribution in [0.2, 0.25) is 5.02 Å². The molecular formula is C14H19ClN2O. The van der Waals surface area contributed by atoms with Crippen LogP contribution in [0.25, 0.3) is 0 Å². The second-order valence-corrected chi connectivity index (χ2v) is 5.50. The van der Waals surface area contributed by atoms with Gasteiger partial charge in [-0.3, -0.25) is 4.79 Å². The summed E-state index contributed by atoms with van der Waals surface area (Å²) in [5.41, 5.74) is 1.11. The van der Waals surface area contributed by atoms with E-state index < -0.39 is 0 Å². The van der Waals surface area contributed by atoms with Gasteiger partial charge in [-0.25, -0.2) is 0 Å². The molecular weight excluding hydrogens is 248 g/mol. The van der Waals surface area contributed by atoms with Crippen molar-refractivity contribution in [2.75, 3.05) is 20.1 Å². The number of rotatable bonds is 3. The Morgan fingerprint density at radius 3 is 2.61 bits per heavy atom. The van der Waals surface area contributed by atoms with Crippen LogP contribution in [0.15, 0.2) is 24.3 Å². The smallest absolute Gasteiger partial charge is 0.227 e. The molecule has 1 fully saturated rings. The molecule has 0 aromatic heterocycles. The summed E-state index contributed by atoms with van der Waals surface area (Å²) < 4.78 is 0. The van der Waals surface area contributed by atoms with Crippen molar-refractivity contribution in [3.63, 3.8) is 0 Å². The summed E-state index contributed by atoms with van der Waals surface area (Å²) in [7, 11) is 1.86. The lowest BCUT2D eigenvalue weighted by molar-refractivity contribution is -0.135. The molecule has 18 heavy (non-hydrogen) atoms. The fourth-order valence-electron chi connectivity index (χ4n) is 2.37. The Morgan fingerprint density at radius 1 is 1.39 bits per heavy atom. The number of benzene rings is 1. The third kappa shape index (κ3) is 3.03. The van der Waals surface area contributed by atoms with Gasteiger partial charge < -0.3 is 10.2 Å². The van der Waals surface area contributed by atoms with Crippen molar-refractivity contribution in [1.29, 1.82) is 0 Å². The first-order valence-electron chi connectivity index (χ1n) is 6.28. The maximum Gasteiger partial charge on any atom is 0.227 e. The van der Waals surface area contributed by atoms with Crippen molar-refractivity contribution in [1.82, 2.24) is 10.2 Å². The highest BCUT2D eigenvalue weighted by molar-refractivity contribution is 6.30. The maximum atomic E-state index is 12.3. The van der Waals surface area contributed by atoms with E-state index >= 15 is 0 Å². The van der Waals surface area contributed by atoms with Crippen LogP contribution in [-0.2, 0) is 11.3 Å². The van der Waals surface area contributed by atoms with Gasteiger partial charge in [0, 0.05) is 25.2 Å². The van der Waals surface area contributed by atoms with E-state index in [0.29, 0.717) is 12.5 Å². The first-order valence-corrected chi connectivity index (χ1v) is 6.66. The van der Waals surface area contributed by atoms with Crippen LogP contribution in [-0.4, -0.2) is 30.9 Å². The van der Waals surface area contributed by atoms with Crippen LogP contribution in [0, 0.1) is 11.8 Å². The Balaban J connectivity index is 1.97. The third-order valence-electron chi connectivity index (χ3n) is 3.54. The van der Waals surface area contributed by atoms with Gasteiger partial charge >= 0.3 is 0 Å². The Bertz CT molecular complexity index is 418. The zero-order valence-electron chi connectivity index (χ0n) is 10.8. The molecule has 98 valence electrons. The SMILES string of the molecule is C[C@@H]1CNC[C@H]1C(=O)N(C)Cc1ccc(Cl)cc1. The van der Waals surface area contributed by atoms with Gasteiger partial charge in [0.25, 0.3) is 0 Å². The van der Waals surface area contributed by atoms with Gasteiger partial charge in [-0.05, 0) is 30.2 Å². The molecule has 2 atom stereocenters. The van der Waals surface area contributed by atoms with Crippen LogP contribution >= 0.6 is 11.6 Å². The predicted octanol–water partition coefficient (Wildman–Crippen LogP) is 2.15. The lowest BCUT2D eigenvalue weighted by Gasteiger charge is -2.23. The van der Waals surface area contributed by atoms with E-state index in [2.05, 4.69) is 12.2 Å². The largest absolute Gasteiger partial charge is 0.341 e. The number of halogens is 1. The van der Waals surface area contributed by atoms with Crippen LogP contribution in [0.5, 0.6) is 0 Å². The van der Waals surface area contributed by atoms with E-state index in [0.717, 1.165) is 23.7 Å². The number of nitrogens with one attached hydrogen (secondary N) is 1. The Kier molecular flexibility index (Phi) is 4.25. The second kappa shape index (κ2) is 5.72. The van der Waals surface area contributed by atoms with Crippen molar-refractivity contribution in [2.24, 2.45) is 11.8 Å². The van der Waals surface area contributed by atoms with Gasteiger partial charge in [0.15, 0.2) is 0 Å². The number of nitrogens with zero attached hydrogens (tertiary/aromatic N) is 1. The standard InChI is InChI=1S/C14H19ClN2O/c1-10-7-16-8-13(10)14(18)17(2)9-11-3-5-12(15)6-4-11/h3-6,10,13,16H,7-9H2,1-2H3/t10-,13-/m1/s1. The van der Waals surface area contributed by atoms with Crippen molar-refractivity contribution in [2.45, 2.75) is 13.5 Å². The van der Waals surface area contributed by atoms with Crippen LogP contribution in [0.4, 0.5) is 0 Å². The van der Waals surface area contributed by atoms with Crippen molar-refractivity contribution < 1.29 is 4.79 Å². The normalized spacial score (nSPS) is 23.1. The van der Waals surface area contributed by atoms with Gasteiger partial charge in [0.1, 0.15) is 0 Å². The molecule has 2 rings (SSSR count). The molecule has 1 saturated heterocycles. The van der Waals surface area contributed by atoms with Gasteiger partial charge in [-0.2, -0.15) is 0 Å². The second-order valence-electron chi connectivity index (χ2n) is 5.06. The average molecular weight is 267 g/mol. The zero-order chi connectivity index (χ0) is 13.1.